The van der Waals surface area contributed by atoms with Crippen LogP contribution in [0.5, 0.6) is 0 Å². The summed E-state index contributed by atoms with van der Waals surface area (Å²) in [6, 6.07) is 53.5. The molecule has 0 aliphatic carbocycles. The van der Waals surface area contributed by atoms with Crippen molar-refractivity contribution in [2.45, 2.75) is 13.2 Å². The van der Waals surface area contributed by atoms with Crippen molar-refractivity contribution >= 4 is 32.6 Å². The number of aryl methyl sites for hydroxylation is 1. The van der Waals surface area contributed by atoms with Crippen LogP contribution in [0.2, 0.25) is 0 Å². The van der Waals surface area contributed by atoms with E-state index in [-0.39, 0.29) is 5.82 Å². The Kier molecular flexibility index (Phi) is 5.88. The van der Waals surface area contributed by atoms with Crippen LogP contribution in [-0.4, -0.2) is 14.5 Å². The van der Waals surface area contributed by atoms with Crippen LogP contribution in [0.25, 0.3) is 82.8 Å². The third-order valence-corrected chi connectivity index (χ3v) is 9.38. The molecule has 49 heavy (non-hydrogen) atoms. The fourth-order valence-corrected chi connectivity index (χ4v) is 7.17. The van der Waals surface area contributed by atoms with Crippen molar-refractivity contribution < 1.29 is 6.85 Å². The minimum atomic E-state index is -2.91. The van der Waals surface area contributed by atoms with Crippen molar-refractivity contribution in [3.05, 3.63) is 176 Å². The largest absolute Gasteiger partial charge is 0.296 e. The van der Waals surface area contributed by atoms with Gasteiger partial charge in [0.15, 0.2) is 0 Å². The van der Waals surface area contributed by atoms with Crippen molar-refractivity contribution in [2.24, 2.45) is 0 Å². The Morgan fingerprint density at radius 3 is 1.76 bits per heavy atom. The molecule has 9 aromatic rings. The van der Waals surface area contributed by atoms with E-state index in [4.69, 9.17) is 6.85 Å². The molecule has 0 radical (unpaired) electrons. The van der Waals surface area contributed by atoms with Gasteiger partial charge in [0.1, 0.15) is 5.82 Å². The summed E-state index contributed by atoms with van der Waals surface area (Å²) < 4.78 is 43.0. The average molecular weight is 633 g/mol. The van der Waals surface area contributed by atoms with E-state index in [9.17, 15) is 0 Å². The fourth-order valence-electron chi connectivity index (χ4n) is 7.17. The van der Waals surface area contributed by atoms with Crippen LogP contribution in [-0.2, 0) is 6.37 Å². The van der Waals surface area contributed by atoms with E-state index < -0.39 is 13.2 Å². The number of rotatable bonds is 6. The monoisotopic (exact) mass is 632 g/mol. The molecule has 0 saturated heterocycles. The zero-order chi connectivity index (χ0) is 37.0. The lowest BCUT2D eigenvalue weighted by atomic mass is 9.85. The standard InChI is InChI=1S/C46H33N3/c1-2-44-48-42-19-7-8-20-43(42)49(44)37-14-10-12-35(30-37)34-11-9-13-36(29-34)46-40-17-5-3-15-38(40)45(39-16-4-6-18-41(39)46)33-23-21-31(22-24-33)32-25-27-47-28-26-32/h3-30H,2H2,1H3/i1D3,2D2. The second-order valence-electron chi connectivity index (χ2n) is 12.2. The molecule has 0 unspecified atom stereocenters. The maximum atomic E-state index is 8.65. The van der Waals surface area contributed by atoms with Gasteiger partial charge in [-0.15, -0.1) is 0 Å². The number of fused-ring (bicyclic) bond motifs is 3. The fraction of sp³-hybridized carbons (Fsp3) is 0.0435. The van der Waals surface area contributed by atoms with Gasteiger partial charge in [0.25, 0.3) is 0 Å². The van der Waals surface area contributed by atoms with Gasteiger partial charge in [-0.05, 0) is 109 Å². The van der Waals surface area contributed by atoms with Crippen LogP contribution < -0.4 is 0 Å². The molecule has 3 nitrogen and oxygen atoms in total. The zero-order valence-electron chi connectivity index (χ0n) is 31.5. The number of imidazole rings is 1. The maximum Gasteiger partial charge on any atom is 0.114 e. The Morgan fingerprint density at radius 2 is 1.06 bits per heavy atom. The number of pyridine rings is 1. The highest BCUT2D eigenvalue weighted by Gasteiger charge is 2.17. The third kappa shape index (κ3) is 4.99. The molecule has 0 fully saturated rings. The van der Waals surface area contributed by atoms with Gasteiger partial charge in [0, 0.05) is 31.3 Å². The Labute approximate surface area is 292 Å². The first kappa shape index (κ1) is 23.9. The highest BCUT2D eigenvalue weighted by Crippen LogP contribution is 2.44. The van der Waals surface area contributed by atoms with Gasteiger partial charge < -0.3 is 0 Å². The molecule has 9 rings (SSSR count). The second kappa shape index (κ2) is 12.0. The molecule has 0 amide bonds. The van der Waals surface area contributed by atoms with E-state index in [1.807, 2.05) is 67.0 Å². The molecular weight excluding hydrogens is 595 g/mol. The van der Waals surface area contributed by atoms with Crippen LogP contribution >= 0.6 is 0 Å². The van der Waals surface area contributed by atoms with Gasteiger partial charge >= 0.3 is 0 Å². The van der Waals surface area contributed by atoms with E-state index in [0.29, 0.717) is 16.7 Å². The topological polar surface area (TPSA) is 30.7 Å². The van der Waals surface area contributed by atoms with Gasteiger partial charge in [-0.2, -0.15) is 0 Å². The summed E-state index contributed by atoms with van der Waals surface area (Å²) >= 11 is 0. The summed E-state index contributed by atoms with van der Waals surface area (Å²) in [5, 5.41) is 4.63. The molecule has 0 aliphatic rings. The van der Waals surface area contributed by atoms with Crippen LogP contribution in [0.3, 0.4) is 0 Å². The van der Waals surface area contributed by atoms with E-state index in [1.165, 1.54) is 16.3 Å². The summed E-state index contributed by atoms with van der Waals surface area (Å²) in [4.78, 5) is 8.68. The van der Waals surface area contributed by atoms with Crippen molar-refractivity contribution in [3.63, 3.8) is 0 Å². The van der Waals surface area contributed by atoms with Gasteiger partial charge in [-0.3, -0.25) is 9.55 Å². The van der Waals surface area contributed by atoms with Crippen LogP contribution in [0.4, 0.5) is 0 Å². The van der Waals surface area contributed by atoms with Crippen molar-refractivity contribution in [1.82, 2.24) is 14.5 Å². The van der Waals surface area contributed by atoms with Gasteiger partial charge in [-0.25, -0.2) is 4.98 Å². The SMILES string of the molecule is [2H]C([2H])([2H])C([2H])([2H])c1nc2ccccc2n1-c1cccc(-c2cccc(-c3c4ccccc4c(-c4ccc(-c5ccncc5)cc4)c4ccccc34)c2)c1. The average Bonchev–Trinajstić information content (AvgIpc) is 3.61. The highest BCUT2D eigenvalue weighted by atomic mass is 15.1. The Hall–Kier alpha value is -6.32. The smallest absolute Gasteiger partial charge is 0.114 e. The lowest BCUT2D eigenvalue weighted by Gasteiger charge is -2.18. The number of para-hydroxylation sites is 2. The normalized spacial score (nSPS) is 13.5. The highest BCUT2D eigenvalue weighted by molar-refractivity contribution is 6.21. The van der Waals surface area contributed by atoms with E-state index >= 15 is 0 Å². The van der Waals surface area contributed by atoms with Gasteiger partial charge in [0.05, 0.1) is 11.0 Å². The van der Waals surface area contributed by atoms with Crippen molar-refractivity contribution in [2.75, 3.05) is 0 Å². The summed E-state index contributed by atoms with van der Waals surface area (Å²) in [5.41, 5.74) is 10.5. The molecule has 232 valence electrons. The summed E-state index contributed by atoms with van der Waals surface area (Å²) in [6.45, 7) is -2.91. The molecule has 7 aromatic carbocycles. The molecule has 2 aromatic heterocycles. The molecular formula is C46H33N3. The quantitative estimate of drug-likeness (QED) is 0.171. The van der Waals surface area contributed by atoms with Crippen molar-refractivity contribution in [3.8, 4) is 50.2 Å². The molecule has 3 heteroatoms. The third-order valence-electron chi connectivity index (χ3n) is 9.38. The molecule has 0 N–H and O–H groups in total. The summed E-state index contributed by atoms with van der Waals surface area (Å²) in [5.74, 6) is -0.153. The Bertz CT molecular complexity index is 2780. The predicted octanol–water partition coefficient (Wildman–Crippen LogP) is 12.0. The number of aromatic nitrogens is 3. The first-order valence-corrected chi connectivity index (χ1v) is 16.3. The Morgan fingerprint density at radius 1 is 0.510 bits per heavy atom. The summed E-state index contributed by atoms with van der Waals surface area (Å²) in [7, 11) is 0. The second-order valence-corrected chi connectivity index (χ2v) is 12.2. The lowest BCUT2D eigenvalue weighted by Crippen LogP contribution is -2.00. The molecule has 0 spiro atoms. The first-order valence-electron chi connectivity index (χ1n) is 18.8. The summed E-state index contributed by atoms with van der Waals surface area (Å²) in [6.07, 6.45) is 0.949. The minimum absolute atomic E-state index is 0.153. The molecule has 0 atom stereocenters. The van der Waals surface area contributed by atoms with E-state index in [0.717, 1.165) is 49.7 Å². The molecule has 0 bridgehead atoms. The molecule has 0 saturated carbocycles. The van der Waals surface area contributed by atoms with Crippen molar-refractivity contribution in [1.29, 1.82) is 0 Å². The lowest BCUT2D eigenvalue weighted by molar-refractivity contribution is 0.908. The zero-order valence-corrected chi connectivity index (χ0v) is 26.5. The van der Waals surface area contributed by atoms with E-state index in [1.54, 1.807) is 10.6 Å². The van der Waals surface area contributed by atoms with Crippen LogP contribution in [0.1, 0.15) is 19.5 Å². The van der Waals surface area contributed by atoms with Crippen LogP contribution in [0, 0.1) is 0 Å². The van der Waals surface area contributed by atoms with E-state index in [2.05, 4.69) is 107 Å². The number of benzene rings is 7. The minimum Gasteiger partial charge on any atom is -0.296 e. The van der Waals surface area contributed by atoms with Gasteiger partial charge in [0.2, 0.25) is 0 Å². The maximum absolute atomic E-state index is 8.65. The molecule has 2 heterocycles. The predicted molar refractivity (Wildman–Crippen MR) is 205 cm³/mol. The van der Waals surface area contributed by atoms with Crippen LogP contribution in [0.15, 0.2) is 170 Å². The first-order chi connectivity index (χ1) is 26.2. The van der Waals surface area contributed by atoms with Gasteiger partial charge in [-0.1, -0.05) is 122 Å². The number of hydrogen-bond acceptors (Lipinski definition) is 2. The number of hydrogen-bond donors (Lipinski definition) is 0. The number of nitrogens with zero attached hydrogens (tertiary/aromatic N) is 3. The Balaban J connectivity index is 1.19. The molecule has 0 aliphatic heterocycles.